The van der Waals surface area contributed by atoms with Crippen LogP contribution in [-0.2, 0) is 36.7 Å². The second-order valence-electron chi connectivity index (χ2n) is 14.8. The molecule has 2 aliphatic carbocycles. The van der Waals surface area contributed by atoms with Crippen LogP contribution in [0.1, 0.15) is 74.6 Å². The minimum absolute atomic E-state index is 0.0514. The highest BCUT2D eigenvalue weighted by molar-refractivity contribution is 5.95. The maximum atomic E-state index is 14.2. The van der Waals surface area contributed by atoms with Gasteiger partial charge in [-0.1, -0.05) is 72.8 Å². The number of carbonyl (C=O) groups excluding carboxylic acids is 4. The lowest BCUT2D eigenvalue weighted by Gasteiger charge is -2.31. The van der Waals surface area contributed by atoms with Gasteiger partial charge in [-0.15, -0.1) is 0 Å². The molecule has 1 atom stereocenters. The molecule has 1 aromatic heterocycles. The number of aromatic nitrogens is 2. The van der Waals surface area contributed by atoms with Crippen molar-refractivity contribution in [2.45, 2.75) is 82.4 Å². The number of hydrogen-bond donors (Lipinski definition) is 4. The van der Waals surface area contributed by atoms with Crippen molar-refractivity contribution in [1.82, 2.24) is 25.9 Å². The van der Waals surface area contributed by atoms with Crippen LogP contribution in [0.3, 0.4) is 0 Å². The van der Waals surface area contributed by atoms with Crippen LogP contribution < -0.4 is 21.3 Å². The van der Waals surface area contributed by atoms with E-state index in [0.29, 0.717) is 25.5 Å². The quantitative estimate of drug-likeness (QED) is 0.0919. The molecule has 0 fully saturated rings. The smallest absolute Gasteiger partial charge is 0.407 e. The molecule has 0 radical (unpaired) electrons. The van der Waals surface area contributed by atoms with Crippen molar-refractivity contribution in [2.24, 2.45) is 0 Å². The molecule has 0 spiro atoms. The van der Waals surface area contributed by atoms with Crippen LogP contribution in [0.2, 0.25) is 0 Å². The van der Waals surface area contributed by atoms with Crippen molar-refractivity contribution >= 4 is 29.8 Å². The highest BCUT2D eigenvalue weighted by Gasteiger charge is 2.46. The summed E-state index contributed by atoms with van der Waals surface area (Å²) in [5.74, 6) is -1.06. The number of carbonyl (C=O) groups is 4. The third-order valence-electron chi connectivity index (χ3n) is 9.65. The number of unbranched alkanes of at least 4 members (excludes halogenated alkanes) is 1. The van der Waals surface area contributed by atoms with E-state index in [1.807, 2.05) is 60.7 Å². The van der Waals surface area contributed by atoms with Crippen molar-refractivity contribution in [1.29, 1.82) is 0 Å². The van der Waals surface area contributed by atoms with Gasteiger partial charge in [-0.3, -0.25) is 14.4 Å². The molecule has 0 saturated heterocycles. The zero-order chi connectivity index (χ0) is 38.1. The molecule has 0 unspecified atom stereocenters. The third-order valence-corrected chi connectivity index (χ3v) is 9.65. The van der Waals surface area contributed by atoms with Crippen molar-refractivity contribution in [2.75, 3.05) is 25.0 Å². The van der Waals surface area contributed by atoms with Gasteiger partial charge in [0, 0.05) is 50.7 Å². The predicted molar refractivity (Wildman–Crippen MR) is 205 cm³/mol. The Balaban J connectivity index is 1.13. The Morgan fingerprint density at radius 1 is 0.815 bits per heavy atom. The van der Waals surface area contributed by atoms with Crippen LogP contribution in [-0.4, -0.2) is 70.7 Å². The largest absolute Gasteiger partial charge is 0.460 e. The molecular formula is C42H48N6O6. The lowest BCUT2D eigenvalue weighted by Crippen LogP contribution is -2.63. The van der Waals surface area contributed by atoms with Gasteiger partial charge in [-0.05, 0) is 79.5 Å². The molecule has 4 aromatic rings. The zero-order valence-corrected chi connectivity index (χ0v) is 31.0. The summed E-state index contributed by atoms with van der Waals surface area (Å²) in [5.41, 5.74) is 4.18. The number of hydrogen-bond acceptors (Lipinski definition) is 9. The number of amides is 3. The van der Waals surface area contributed by atoms with Crippen LogP contribution in [0.25, 0.3) is 11.1 Å². The van der Waals surface area contributed by atoms with E-state index in [1.54, 1.807) is 39.2 Å². The highest BCUT2D eigenvalue weighted by Crippen LogP contribution is 2.44. The van der Waals surface area contributed by atoms with Gasteiger partial charge in [0.25, 0.3) is 0 Å². The van der Waals surface area contributed by atoms with Gasteiger partial charge in [0.2, 0.25) is 17.8 Å². The minimum Gasteiger partial charge on any atom is -0.460 e. The lowest BCUT2D eigenvalue weighted by atomic mass is 9.93. The molecule has 282 valence electrons. The van der Waals surface area contributed by atoms with E-state index < -0.39 is 35.2 Å². The molecule has 54 heavy (non-hydrogen) atoms. The van der Waals surface area contributed by atoms with E-state index in [-0.39, 0.29) is 44.1 Å². The Hall–Kier alpha value is -5.78. The van der Waals surface area contributed by atoms with E-state index in [4.69, 9.17) is 9.47 Å². The van der Waals surface area contributed by atoms with E-state index in [0.717, 1.165) is 39.8 Å². The fourth-order valence-corrected chi connectivity index (χ4v) is 7.16. The van der Waals surface area contributed by atoms with Gasteiger partial charge in [-0.2, -0.15) is 0 Å². The Bertz CT molecular complexity index is 1890. The first-order valence-corrected chi connectivity index (χ1v) is 18.5. The van der Waals surface area contributed by atoms with Crippen molar-refractivity contribution < 1.29 is 28.7 Å². The normalized spacial score (nSPS) is 14.5. The molecule has 2 aliphatic rings. The second-order valence-corrected chi connectivity index (χ2v) is 14.8. The van der Waals surface area contributed by atoms with Gasteiger partial charge in [0.1, 0.15) is 23.8 Å². The average molecular weight is 733 g/mol. The van der Waals surface area contributed by atoms with Crippen LogP contribution >= 0.6 is 0 Å². The minimum atomic E-state index is -1.30. The number of rotatable bonds is 15. The maximum Gasteiger partial charge on any atom is 0.407 e. The zero-order valence-electron chi connectivity index (χ0n) is 31.0. The van der Waals surface area contributed by atoms with Gasteiger partial charge in [-0.25, -0.2) is 14.8 Å². The number of anilines is 1. The lowest BCUT2D eigenvalue weighted by molar-refractivity contribution is -0.155. The first-order chi connectivity index (χ1) is 26.0. The molecule has 0 saturated carbocycles. The number of nitrogens with one attached hydrogen (secondary N) is 4. The molecule has 0 aliphatic heterocycles. The number of alkyl carbamates (subject to hydrolysis) is 1. The Morgan fingerprint density at radius 3 is 2.04 bits per heavy atom. The summed E-state index contributed by atoms with van der Waals surface area (Å²) in [6.07, 6.45) is 4.32. The Kier molecular flexibility index (Phi) is 11.9. The molecule has 12 nitrogen and oxygen atoms in total. The Morgan fingerprint density at radius 2 is 1.41 bits per heavy atom. The summed E-state index contributed by atoms with van der Waals surface area (Å²) in [6.45, 7) is 6.36. The van der Waals surface area contributed by atoms with Crippen LogP contribution in [0.5, 0.6) is 0 Å². The fourth-order valence-electron chi connectivity index (χ4n) is 7.16. The summed E-state index contributed by atoms with van der Waals surface area (Å²) in [7, 11) is 0. The fraction of sp³-hybridized carbons (Fsp3) is 0.381. The van der Waals surface area contributed by atoms with Gasteiger partial charge >= 0.3 is 12.1 Å². The number of benzene rings is 3. The summed E-state index contributed by atoms with van der Waals surface area (Å²) in [4.78, 5) is 62.7. The van der Waals surface area contributed by atoms with Crippen LogP contribution in [0.15, 0.2) is 91.3 Å². The van der Waals surface area contributed by atoms with Crippen molar-refractivity contribution in [3.63, 3.8) is 0 Å². The van der Waals surface area contributed by atoms with E-state index in [1.165, 1.54) is 0 Å². The molecule has 12 heteroatoms. The maximum absolute atomic E-state index is 14.2. The van der Waals surface area contributed by atoms with E-state index >= 15 is 0 Å². The molecule has 6 rings (SSSR count). The predicted octanol–water partition coefficient (Wildman–Crippen LogP) is 5.47. The molecule has 4 N–H and O–H groups in total. The number of fused-ring (bicyclic) bond motifs is 4. The first-order valence-electron chi connectivity index (χ1n) is 18.5. The third kappa shape index (κ3) is 9.41. The number of nitrogens with zero attached hydrogens (tertiary/aromatic N) is 2. The SMILES string of the molecule is CC(C)(C)OC(=O)CC[C@H](NC(=O)OCC1c2ccccc2-c2ccccc21)C(=O)NC1(C(=O)NCCCCNc2ncccn2)Cc2ccccc2C1. The summed E-state index contributed by atoms with van der Waals surface area (Å²) in [6, 6.07) is 24.3. The van der Waals surface area contributed by atoms with Gasteiger partial charge in [0.05, 0.1) is 0 Å². The van der Waals surface area contributed by atoms with E-state index in [9.17, 15) is 19.2 Å². The van der Waals surface area contributed by atoms with E-state index in [2.05, 4.69) is 43.4 Å². The molecule has 3 aromatic carbocycles. The monoisotopic (exact) mass is 732 g/mol. The molecule has 0 bridgehead atoms. The Labute approximate surface area is 315 Å². The first kappa shape index (κ1) is 38.0. The number of ether oxygens (including phenoxy) is 2. The standard InChI is InChI=1S/C42H48N6O6/c1-41(2,3)54-36(49)20-19-35(47-40(52)53-27-34-32-17-8-6-15-30(32)31-16-7-9-18-33(31)34)37(50)48-42(25-28-13-4-5-14-29(28)26-42)38(51)43-21-10-11-22-44-39-45-23-12-24-46-39/h4-9,12-18,23-24,34-35H,10-11,19-22,25-27H2,1-3H3,(H,43,51)(H,47,52)(H,48,50)(H,44,45,46)/t35-/m0/s1. The average Bonchev–Trinajstić information content (AvgIpc) is 3.69. The summed E-state index contributed by atoms with van der Waals surface area (Å²) >= 11 is 0. The molecule has 3 amide bonds. The van der Waals surface area contributed by atoms with Gasteiger partial charge < -0.3 is 30.7 Å². The summed E-state index contributed by atoms with van der Waals surface area (Å²) < 4.78 is 11.3. The molecule has 1 heterocycles. The van der Waals surface area contributed by atoms with Crippen molar-refractivity contribution in [3.05, 3.63) is 114 Å². The highest BCUT2D eigenvalue weighted by atomic mass is 16.6. The molecular weight excluding hydrogens is 684 g/mol. The topological polar surface area (TPSA) is 161 Å². The van der Waals surface area contributed by atoms with Gasteiger partial charge in [0.15, 0.2) is 0 Å². The number of esters is 1. The van der Waals surface area contributed by atoms with Crippen LogP contribution in [0.4, 0.5) is 10.7 Å². The second kappa shape index (κ2) is 16.9. The van der Waals surface area contributed by atoms with Crippen molar-refractivity contribution in [3.8, 4) is 11.1 Å². The summed E-state index contributed by atoms with van der Waals surface area (Å²) in [5, 5.41) is 11.9. The van der Waals surface area contributed by atoms with Crippen LogP contribution in [0, 0.1) is 0 Å².